The molecule has 29 heavy (non-hydrogen) atoms. The predicted molar refractivity (Wildman–Crippen MR) is 120 cm³/mol. The van der Waals surface area contributed by atoms with Gasteiger partial charge in [0.25, 0.3) is 0 Å². The smallest absolute Gasteiger partial charge is 0.119 e. The molecule has 0 unspecified atom stereocenters. The molecule has 0 aliphatic carbocycles. The van der Waals surface area contributed by atoms with Crippen LogP contribution in [0.25, 0.3) is 0 Å². The Morgan fingerprint density at radius 1 is 0.931 bits per heavy atom. The minimum Gasteiger partial charge on any atom is -0.497 e. The Morgan fingerprint density at radius 3 is 2.17 bits per heavy atom. The first-order valence-corrected chi connectivity index (χ1v) is 10.9. The lowest BCUT2D eigenvalue weighted by atomic mass is 9.95. The van der Waals surface area contributed by atoms with Crippen molar-refractivity contribution in [3.05, 3.63) is 59.7 Å². The highest BCUT2D eigenvalue weighted by molar-refractivity contribution is 5.28. The monoisotopic (exact) mass is 396 g/mol. The van der Waals surface area contributed by atoms with Gasteiger partial charge < -0.3 is 19.3 Å². The van der Waals surface area contributed by atoms with Crippen molar-refractivity contribution < 1.29 is 9.47 Å². The second kappa shape index (κ2) is 11.2. The van der Waals surface area contributed by atoms with E-state index in [1.54, 1.807) is 7.11 Å². The third kappa shape index (κ3) is 7.06. The zero-order valence-electron chi connectivity index (χ0n) is 18.3. The van der Waals surface area contributed by atoms with Gasteiger partial charge in [0.15, 0.2) is 0 Å². The molecule has 3 rings (SSSR count). The number of hydrogen-bond donors (Lipinski definition) is 0. The number of nitrogens with zero attached hydrogens (tertiary/aromatic N) is 2. The molecule has 0 N–H and O–H groups in total. The van der Waals surface area contributed by atoms with Crippen LogP contribution < -0.4 is 9.47 Å². The molecular formula is C25H36N2O2. The van der Waals surface area contributed by atoms with Crippen LogP contribution in [-0.4, -0.2) is 56.7 Å². The van der Waals surface area contributed by atoms with E-state index in [-0.39, 0.29) is 0 Å². The summed E-state index contributed by atoms with van der Waals surface area (Å²) in [6, 6.07) is 17.0. The van der Waals surface area contributed by atoms with E-state index in [0.29, 0.717) is 0 Å². The number of likely N-dealkylation sites (tertiary alicyclic amines) is 1. The van der Waals surface area contributed by atoms with E-state index in [0.717, 1.165) is 43.5 Å². The van der Waals surface area contributed by atoms with Crippen molar-refractivity contribution in [2.45, 2.75) is 32.7 Å². The summed E-state index contributed by atoms with van der Waals surface area (Å²) in [7, 11) is 3.96. The second-order valence-electron chi connectivity index (χ2n) is 8.16. The Labute approximate surface area is 176 Å². The summed E-state index contributed by atoms with van der Waals surface area (Å²) in [6.07, 6.45) is 3.72. The van der Waals surface area contributed by atoms with Gasteiger partial charge in [-0.05, 0) is 87.6 Å². The summed E-state index contributed by atoms with van der Waals surface area (Å²) in [5.41, 5.74) is 2.75. The van der Waals surface area contributed by atoms with Crippen molar-refractivity contribution >= 4 is 0 Å². The molecule has 0 aromatic heterocycles. The molecule has 1 saturated heterocycles. The molecule has 0 radical (unpaired) electrons. The largest absolute Gasteiger partial charge is 0.497 e. The van der Waals surface area contributed by atoms with E-state index in [2.05, 4.69) is 65.4 Å². The van der Waals surface area contributed by atoms with E-state index in [1.165, 1.54) is 43.6 Å². The fourth-order valence-electron chi connectivity index (χ4n) is 4.15. The molecule has 0 atom stereocenters. The van der Waals surface area contributed by atoms with Gasteiger partial charge in [0.1, 0.15) is 11.5 Å². The normalized spacial score (nSPS) is 15.6. The zero-order chi connectivity index (χ0) is 20.5. The number of piperidine rings is 1. The highest BCUT2D eigenvalue weighted by atomic mass is 16.5. The van der Waals surface area contributed by atoms with E-state index in [4.69, 9.17) is 9.47 Å². The maximum Gasteiger partial charge on any atom is 0.119 e. The molecule has 158 valence electrons. The van der Waals surface area contributed by atoms with Crippen LogP contribution in [-0.2, 0) is 13.0 Å². The standard InChI is InChI=1S/C25H36N2O2/c1-4-29-25-11-7-22(8-12-25)19-26(2)20-23-14-17-27(18-15-23)16-13-21-5-9-24(28-3)10-6-21/h5-12,23H,4,13-20H2,1-3H3. The van der Waals surface area contributed by atoms with Crippen LogP contribution >= 0.6 is 0 Å². The maximum absolute atomic E-state index is 5.53. The number of methoxy groups -OCH3 is 1. The molecule has 0 saturated carbocycles. The molecule has 0 spiro atoms. The third-order valence-corrected chi connectivity index (χ3v) is 5.84. The third-order valence-electron chi connectivity index (χ3n) is 5.84. The van der Waals surface area contributed by atoms with Crippen LogP contribution in [0.5, 0.6) is 11.5 Å². The van der Waals surface area contributed by atoms with Gasteiger partial charge in [-0.1, -0.05) is 24.3 Å². The average molecular weight is 397 g/mol. The number of benzene rings is 2. The summed E-state index contributed by atoms with van der Waals surface area (Å²) >= 11 is 0. The van der Waals surface area contributed by atoms with Gasteiger partial charge in [0, 0.05) is 19.6 Å². The van der Waals surface area contributed by atoms with Gasteiger partial charge in [0.05, 0.1) is 13.7 Å². The van der Waals surface area contributed by atoms with Gasteiger partial charge in [-0.25, -0.2) is 0 Å². The van der Waals surface area contributed by atoms with Gasteiger partial charge in [-0.3, -0.25) is 0 Å². The molecule has 2 aromatic carbocycles. The Balaban J connectivity index is 1.35. The van der Waals surface area contributed by atoms with Gasteiger partial charge in [0.2, 0.25) is 0 Å². The van der Waals surface area contributed by atoms with E-state index < -0.39 is 0 Å². The van der Waals surface area contributed by atoms with Crippen LogP contribution in [0.1, 0.15) is 30.9 Å². The van der Waals surface area contributed by atoms with Gasteiger partial charge in [-0.15, -0.1) is 0 Å². The molecule has 0 amide bonds. The summed E-state index contributed by atoms with van der Waals surface area (Å²) < 4.78 is 10.8. The molecule has 1 heterocycles. The molecule has 0 bridgehead atoms. The van der Waals surface area contributed by atoms with E-state index >= 15 is 0 Å². The summed E-state index contributed by atoms with van der Waals surface area (Å²) in [4.78, 5) is 5.08. The van der Waals surface area contributed by atoms with Crippen molar-refractivity contribution in [2.75, 3.05) is 46.9 Å². The molecule has 1 aliphatic heterocycles. The summed E-state index contributed by atoms with van der Waals surface area (Å²) in [5.74, 6) is 2.70. The topological polar surface area (TPSA) is 24.9 Å². The van der Waals surface area contributed by atoms with Crippen molar-refractivity contribution in [3.63, 3.8) is 0 Å². The minimum atomic E-state index is 0.720. The van der Waals surface area contributed by atoms with Crippen molar-refractivity contribution in [3.8, 4) is 11.5 Å². The zero-order valence-corrected chi connectivity index (χ0v) is 18.3. The molecule has 4 nitrogen and oxygen atoms in total. The maximum atomic E-state index is 5.53. The number of rotatable bonds is 10. The van der Waals surface area contributed by atoms with Crippen molar-refractivity contribution in [2.24, 2.45) is 5.92 Å². The SMILES string of the molecule is CCOc1ccc(CN(C)CC2CCN(CCc3ccc(OC)cc3)CC2)cc1. The minimum absolute atomic E-state index is 0.720. The van der Waals surface area contributed by atoms with Crippen LogP contribution in [0.15, 0.2) is 48.5 Å². The Morgan fingerprint density at radius 2 is 1.55 bits per heavy atom. The summed E-state index contributed by atoms with van der Waals surface area (Å²) in [5, 5.41) is 0. The van der Waals surface area contributed by atoms with Crippen LogP contribution in [0, 0.1) is 5.92 Å². The molecule has 4 heteroatoms. The first-order valence-electron chi connectivity index (χ1n) is 10.9. The molecule has 2 aromatic rings. The molecular weight excluding hydrogens is 360 g/mol. The van der Waals surface area contributed by atoms with Crippen LogP contribution in [0.4, 0.5) is 0 Å². The fourth-order valence-corrected chi connectivity index (χ4v) is 4.15. The van der Waals surface area contributed by atoms with Gasteiger partial charge in [-0.2, -0.15) is 0 Å². The Hall–Kier alpha value is -2.04. The molecule has 1 fully saturated rings. The summed E-state index contributed by atoms with van der Waals surface area (Å²) in [6.45, 7) is 8.52. The Kier molecular flexibility index (Phi) is 8.38. The first-order chi connectivity index (χ1) is 14.2. The van der Waals surface area contributed by atoms with Crippen molar-refractivity contribution in [1.82, 2.24) is 9.80 Å². The lowest BCUT2D eigenvalue weighted by Crippen LogP contribution is -2.38. The van der Waals surface area contributed by atoms with Crippen molar-refractivity contribution in [1.29, 1.82) is 0 Å². The average Bonchev–Trinajstić information content (AvgIpc) is 2.75. The Bertz CT molecular complexity index is 707. The second-order valence-corrected chi connectivity index (χ2v) is 8.16. The highest BCUT2D eigenvalue weighted by Gasteiger charge is 2.20. The van der Waals surface area contributed by atoms with Gasteiger partial charge >= 0.3 is 0 Å². The van der Waals surface area contributed by atoms with Crippen LogP contribution in [0.2, 0.25) is 0 Å². The quantitative estimate of drug-likeness (QED) is 0.591. The lowest BCUT2D eigenvalue weighted by molar-refractivity contribution is 0.153. The van der Waals surface area contributed by atoms with Crippen LogP contribution in [0.3, 0.4) is 0 Å². The predicted octanol–water partition coefficient (Wildman–Crippen LogP) is 4.48. The highest BCUT2D eigenvalue weighted by Crippen LogP contribution is 2.20. The fraction of sp³-hybridized carbons (Fsp3) is 0.520. The lowest BCUT2D eigenvalue weighted by Gasteiger charge is -2.34. The van der Waals surface area contributed by atoms with E-state index in [1.807, 2.05) is 6.92 Å². The van der Waals surface area contributed by atoms with E-state index in [9.17, 15) is 0 Å². The number of hydrogen-bond acceptors (Lipinski definition) is 4. The number of ether oxygens (including phenoxy) is 2. The first kappa shape index (κ1) is 21.7. The molecule has 1 aliphatic rings.